The minimum atomic E-state index is -1.19. The van der Waals surface area contributed by atoms with Gasteiger partial charge in [0, 0.05) is 24.1 Å². The molecule has 5 nitrogen and oxygen atoms in total. The van der Waals surface area contributed by atoms with Gasteiger partial charge in [-0.3, -0.25) is 9.00 Å². The smallest absolute Gasteiger partial charge is 0.227 e. The van der Waals surface area contributed by atoms with Gasteiger partial charge in [0.25, 0.3) is 0 Å². The highest BCUT2D eigenvalue weighted by Gasteiger charge is 2.19. The molecule has 2 rings (SSSR count). The average molecular weight is 347 g/mol. The number of anilines is 1. The lowest BCUT2D eigenvalue weighted by Crippen LogP contribution is -2.27. The van der Waals surface area contributed by atoms with E-state index >= 15 is 0 Å². The van der Waals surface area contributed by atoms with E-state index in [4.69, 9.17) is 9.47 Å². The summed E-state index contributed by atoms with van der Waals surface area (Å²) in [6, 6.07) is 14.5. The van der Waals surface area contributed by atoms with Crippen LogP contribution >= 0.6 is 0 Å². The Kier molecular flexibility index (Phi) is 6.37. The number of rotatable bonds is 7. The van der Waals surface area contributed by atoms with Crippen LogP contribution in [0.2, 0.25) is 0 Å². The van der Waals surface area contributed by atoms with Gasteiger partial charge in [-0.1, -0.05) is 24.3 Å². The molecular weight excluding hydrogens is 326 g/mol. The normalized spacial score (nSPS) is 11.6. The van der Waals surface area contributed by atoms with Crippen LogP contribution in [0.5, 0.6) is 11.5 Å². The molecule has 24 heavy (non-hydrogen) atoms. The fraction of sp³-hybridized carbons (Fsp3) is 0.278. The number of benzene rings is 2. The molecule has 2 aromatic carbocycles. The van der Waals surface area contributed by atoms with Crippen LogP contribution in [0.4, 0.5) is 5.69 Å². The number of carbonyl (C=O) groups excluding carboxylic acids is 1. The Morgan fingerprint density at radius 1 is 1.04 bits per heavy atom. The summed E-state index contributed by atoms with van der Waals surface area (Å²) >= 11 is 0. The molecule has 0 saturated heterocycles. The van der Waals surface area contributed by atoms with Gasteiger partial charge in [0.1, 0.15) is 0 Å². The lowest BCUT2D eigenvalue weighted by molar-refractivity contribution is -0.117. The molecule has 0 aromatic heterocycles. The van der Waals surface area contributed by atoms with Gasteiger partial charge in [0.15, 0.2) is 11.5 Å². The van der Waals surface area contributed by atoms with Gasteiger partial charge in [-0.2, -0.15) is 0 Å². The summed E-state index contributed by atoms with van der Waals surface area (Å²) in [5.74, 6) is 1.20. The van der Waals surface area contributed by atoms with E-state index < -0.39 is 10.8 Å². The van der Waals surface area contributed by atoms with Crippen LogP contribution < -0.4 is 14.4 Å². The lowest BCUT2D eigenvalue weighted by Gasteiger charge is -2.21. The van der Waals surface area contributed by atoms with Crippen LogP contribution in [0.3, 0.4) is 0 Å². The van der Waals surface area contributed by atoms with Crippen LogP contribution in [0, 0.1) is 0 Å². The van der Waals surface area contributed by atoms with E-state index in [0.29, 0.717) is 17.2 Å². The highest BCUT2D eigenvalue weighted by Crippen LogP contribution is 2.36. The number of hydrogen-bond acceptors (Lipinski definition) is 4. The molecular formula is C18H21NO4S. The van der Waals surface area contributed by atoms with Gasteiger partial charge >= 0.3 is 0 Å². The van der Waals surface area contributed by atoms with Crippen molar-refractivity contribution in [2.24, 2.45) is 0 Å². The molecule has 1 amide bonds. The van der Waals surface area contributed by atoms with E-state index in [0.717, 1.165) is 4.90 Å². The highest BCUT2D eigenvalue weighted by molar-refractivity contribution is 7.85. The van der Waals surface area contributed by atoms with Crippen molar-refractivity contribution in [1.82, 2.24) is 0 Å². The largest absolute Gasteiger partial charge is 0.493 e. The molecule has 0 saturated carbocycles. The van der Waals surface area contributed by atoms with Crippen LogP contribution in [-0.4, -0.2) is 37.1 Å². The molecule has 0 aliphatic carbocycles. The zero-order valence-electron chi connectivity index (χ0n) is 14.0. The molecule has 0 aliphatic heterocycles. The minimum absolute atomic E-state index is 0.133. The number of amides is 1. The monoisotopic (exact) mass is 347 g/mol. The average Bonchev–Trinajstić information content (AvgIpc) is 2.64. The third kappa shape index (κ3) is 4.14. The van der Waals surface area contributed by atoms with Gasteiger partial charge in [0.05, 0.1) is 30.7 Å². The lowest BCUT2D eigenvalue weighted by atomic mass is 10.2. The Balaban J connectivity index is 2.06. The molecule has 0 heterocycles. The molecule has 0 aliphatic rings. The maximum absolute atomic E-state index is 12.4. The van der Waals surface area contributed by atoms with Crippen molar-refractivity contribution in [3.63, 3.8) is 0 Å². The van der Waals surface area contributed by atoms with E-state index in [-0.39, 0.29) is 18.1 Å². The number of para-hydroxylation sites is 1. The molecule has 0 spiro atoms. The zero-order chi connectivity index (χ0) is 17.5. The molecule has 6 heteroatoms. The van der Waals surface area contributed by atoms with Gasteiger partial charge < -0.3 is 14.4 Å². The first-order valence-electron chi connectivity index (χ1n) is 7.49. The van der Waals surface area contributed by atoms with Crippen LogP contribution in [0.1, 0.15) is 6.42 Å². The van der Waals surface area contributed by atoms with Crippen LogP contribution in [-0.2, 0) is 15.6 Å². The maximum atomic E-state index is 12.4. The maximum Gasteiger partial charge on any atom is 0.227 e. The second kappa shape index (κ2) is 8.49. The molecule has 1 unspecified atom stereocenters. The van der Waals surface area contributed by atoms with Gasteiger partial charge in [-0.05, 0) is 24.3 Å². The van der Waals surface area contributed by atoms with Crippen LogP contribution in [0.15, 0.2) is 53.4 Å². The number of methoxy groups -OCH3 is 2. The van der Waals surface area contributed by atoms with Crippen LogP contribution in [0.25, 0.3) is 0 Å². The van der Waals surface area contributed by atoms with E-state index in [9.17, 15) is 9.00 Å². The minimum Gasteiger partial charge on any atom is -0.493 e. The molecule has 128 valence electrons. The Hall–Kier alpha value is -2.34. The van der Waals surface area contributed by atoms with Gasteiger partial charge in [-0.25, -0.2) is 0 Å². The quantitative estimate of drug-likeness (QED) is 0.773. The molecule has 0 bridgehead atoms. The van der Waals surface area contributed by atoms with Crippen molar-refractivity contribution >= 4 is 22.4 Å². The first-order valence-corrected chi connectivity index (χ1v) is 8.81. The molecule has 2 aromatic rings. The van der Waals surface area contributed by atoms with Crippen molar-refractivity contribution in [2.45, 2.75) is 11.3 Å². The molecule has 0 N–H and O–H groups in total. The number of nitrogens with zero attached hydrogens (tertiary/aromatic N) is 1. The third-order valence-electron chi connectivity index (χ3n) is 3.63. The molecule has 0 radical (unpaired) electrons. The number of hydrogen-bond donors (Lipinski definition) is 0. The predicted octanol–water partition coefficient (Wildman–Crippen LogP) is 2.86. The summed E-state index contributed by atoms with van der Waals surface area (Å²) in [4.78, 5) is 14.7. The van der Waals surface area contributed by atoms with Gasteiger partial charge in [0.2, 0.25) is 5.91 Å². The van der Waals surface area contributed by atoms with E-state index in [1.165, 1.54) is 12.0 Å². The summed E-state index contributed by atoms with van der Waals surface area (Å²) in [5, 5.41) is 0. The fourth-order valence-electron chi connectivity index (χ4n) is 2.31. The van der Waals surface area contributed by atoms with Crippen molar-refractivity contribution in [3.05, 3.63) is 48.5 Å². The van der Waals surface area contributed by atoms with Crippen molar-refractivity contribution in [1.29, 1.82) is 0 Å². The second-order valence-corrected chi connectivity index (χ2v) is 6.65. The predicted molar refractivity (Wildman–Crippen MR) is 95.3 cm³/mol. The zero-order valence-corrected chi connectivity index (χ0v) is 14.8. The number of carbonyl (C=O) groups is 1. The van der Waals surface area contributed by atoms with Crippen molar-refractivity contribution < 1.29 is 18.5 Å². The second-order valence-electron chi connectivity index (χ2n) is 5.08. The Bertz CT molecular complexity index is 718. The first kappa shape index (κ1) is 18.0. The third-order valence-corrected chi connectivity index (χ3v) is 5.00. The highest BCUT2D eigenvalue weighted by atomic mass is 32.2. The summed E-state index contributed by atoms with van der Waals surface area (Å²) in [6.45, 7) is 0. The standard InChI is InChI=1S/C18H21NO4S/c1-19(15-10-7-11-16(22-2)18(15)23-3)17(20)12-13-24(21)14-8-5-4-6-9-14/h4-11H,12-13H2,1-3H3. The Morgan fingerprint density at radius 3 is 2.38 bits per heavy atom. The van der Waals surface area contributed by atoms with E-state index in [1.807, 2.05) is 18.2 Å². The summed E-state index contributed by atoms with van der Waals surface area (Å²) in [6.07, 6.45) is 0.179. The number of ether oxygens (including phenoxy) is 2. The summed E-state index contributed by atoms with van der Waals surface area (Å²) in [7, 11) is 3.56. The summed E-state index contributed by atoms with van der Waals surface area (Å²) in [5.41, 5.74) is 0.618. The van der Waals surface area contributed by atoms with Crippen molar-refractivity contribution in [3.8, 4) is 11.5 Å². The molecule has 1 atom stereocenters. The van der Waals surface area contributed by atoms with Gasteiger partial charge in [-0.15, -0.1) is 0 Å². The Labute approximate surface area is 144 Å². The fourth-order valence-corrected chi connectivity index (χ4v) is 3.36. The first-order chi connectivity index (χ1) is 11.6. The Morgan fingerprint density at radius 2 is 1.75 bits per heavy atom. The van der Waals surface area contributed by atoms with E-state index in [1.54, 1.807) is 44.5 Å². The van der Waals surface area contributed by atoms with Crippen molar-refractivity contribution in [2.75, 3.05) is 31.9 Å². The van der Waals surface area contributed by atoms with E-state index in [2.05, 4.69) is 0 Å². The molecule has 0 fully saturated rings. The topological polar surface area (TPSA) is 55.8 Å². The summed E-state index contributed by atoms with van der Waals surface area (Å²) < 4.78 is 22.8. The SMILES string of the molecule is COc1cccc(N(C)C(=O)CCS(=O)c2ccccc2)c1OC.